The molecule has 0 saturated heterocycles. The molecule has 0 aromatic carbocycles. The van der Waals surface area contributed by atoms with Crippen molar-refractivity contribution in [3.63, 3.8) is 0 Å². The Labute approximate surface area is 111 Å². The Hall–Kier alpha value is -0.650. The van der Waals surface area contributed by atoms with Gasteiger partial charge in [-0.25, -0.2) is 0 Å². The minimum atomic E-state index is -0.661. The summed E-state index contributed by atoms with van der Waals surface area (Å²) in [6, 6.07) is 0.391. The summed E-state index contributed by atoms with van der Waals surface area (Å²) in [5.74, 6) is -0.222. The lowest BCUT2D eigenvalue weighted by atomic mass is 10.0. The second-order valence-electron chi connectivity index (χ2n) is 5.25. The molecule has 0 fully saturated rings. The van der Waals surface area contributed by atoms with Gasteiger partial charge in [0.15, 0.2) is 0 Å². The van der Waals surface area contributed by atoms with Gasteiger partial charge in [0, 0.05) is 19.1 Å². The van der Waals surface area contributed by atoms with Crippen molar-refractivity contribution in [3.05, 3.63) is 0 Å². The van der Waals surface area contributed by atoms with E-state index < -0.39 is 5.54 Å². The van der Waals surface area contributed by atoms with Gasteiger partial charge in [-0.05, 0) is 41.5 Å². The van der Waals surface area contributed by atoms with E-state index in [9.17, 15) is 4.79 Å². The van der Waals surface area contributed by atoms with Crippen LogP contribution in [0.3, 0.4) is 0 Å². The Morgan fingerprint density at radius 1 is 1.44 bits per heavy atom. The first-order valence-corrected chi connectivity index (χ1v) is 6.46. The van der Waals surface area contributed by atoms with Crippen molar-refractivity contribution in [1.29, 1.82) is 0 Å². The summed E-state index contributed by atoms with van der Waals surface area (Å²) >= 11 is 0. The molecule has 18 heavy (non-hydrogen) atoms. The van der Waals surface area contributed by atoms with E-state index in [0.717, 1.165) is 13.1 Å². The Bertz CT molecular complexity index is 259. The number of carbonyl (C=O) groups is 1. The monoisotopic (exact) mass is 259 g/mol. The first-order valence-electron chi connectivity index (χ1n) is 6.46. The van der Waals surface area contributed by atoms with Crippen LogP contribution in [0, 0.1) is 0 Å². The van der Waals surface area contributed by atoms with Crippen LogP contribution in [-0.4, -0.2) is 75.2 Å². The summed E-state index contributed by atoms with van der Waals surface area (Å²) in [5, 5.41) is 3.07. The van der Waals surface area contributed by atoms with E-state index in [-0.39, 0.29) is 5.97 Å². The normalized spacial score (nSPS) is 16.7. The molecule has 0 heterocycles. The third-order valence-corrected chi connectivity index (χ3v) is 3.37. The Balaban J connectivity index is 4.72. The zero-order chi connectivity index (χ0) is 14.3. The van der Waals surface area contributed by atoms with Gasteiger partial charge in [-0.3, -0.25) is 9.69 Å². The smallest absolute Gasteiger partial charge is 0.327 e. The maximum Gasteiger partial charge on any atom is 0.327 e. The first-order chi connectivity index (χ1) is 8.30. The molecule has 0 aliphatic rings. The van der Waals surface area contributed by atoms with E-state index in [4.69, 9.17) is 4.74 Å². The highest BCUT2D eigenvalue weighted by Crippen LogP contribution is 2.11. The number of likely N-dealkylation sites (N-methyl/N-ethyl adjacent to an activating group) is 3. The molecule has 0 amide bonds. The highest BCUT2D eigenvalue weighted by Gasteiger charge is 2.35. The second-order valence-corrected chi connectivity index (χ2v) is 5.25. The van der Waals surface area contributed by atoms with Crippen molar-refractivity contribution in [2.24, 2.45) is 0 Å². The zero-order valence-corrected chi connectivity index (χ0v) is 12.9. The zero-order valence-electron chi connectivity index (χ0n) is 12.9. The van der Waals surface area contributed by atoms with Crippen molar-refractivity contribution in [3.8, 4) is 0 Å². The van der Waals surface area contributed by atoms with Crippen molar-refractivity contribution in [1.82, 2.24) is 15.1 Å². The lowest BCUT2D eigenvalue weighted by Crippen LogP contribution is -2.58. The molecule has 108 valence electrons. The summed E-state index contributed by atoms with van der Waals surface area (Å²) in [4.78, 5) is 16.3. The third-order valence-electron chi connectivity index (χ3n) is 3.37. The molecule has 0 aliphatic carbocycles. The van der Waals surface area contributed by atoms with Crippen molar-refractivity contribution < 1.29 is 9.53 Å². The van der Waals surface area contributed by atoms with Crippen molar-refractivity contribution in [2.45, 2.75) is 32.4 Å². The Kier molecular flexibility index (Phi) is 7.43. The maximum atomic E-state index is 11.8. The molecule has 2 atom stereocenters. The van der Waals surface area contributed by atoms with E-state index in [1.165, 1.54) is 7.11 Å². The van der Waals surface area contributed by atoms with Crippen molar-refractivity contribution in [2.75, 3.05) is 47.9 Å². The molecule has 0 saturated carbocycles. The van der Waals surface area contributed by atoms with Crippen LogP contribution in [0.4, 0.5) is 0 Å². The summed E-state index contributed by atoms with van der Waals surface area (Å²) in [7, 11) is 7.34. The van der Waals surface area contributed by atoms with E-state index in [1.54, 1.807) is 7.05 Å². The molecule has 0 bridgehead atoms. The number of nitrogens with one attached hydrogen (secondary N) is 1. The van der Waals surface area contributed by atoms with Crippen LogP contribution >= 0.6 is 0 Å². The lowest BCUT2D eigenvalue weighted by molar-refractivity contribution is -0.148. The summed E-state index contributed by atoms with van der Waals surface area (Å²) < 4.78 is 4.87. The lowest BCUT2D eigenvalue weighted by Gasteiger charge is -2.36. The standard InChI is InChI=1S/C13H29N3O2/c1-8-16(11(2)9-15(5)6)10-13(3,14-4)12(17)18-7/h11,14H,8-10H2,1-7H3. The van der Waals surface area contributed by atoms with Gasteiger partial charge in [0.05, 0.1) is 7.11 Å². The molecule has 0 radical (unpaired) electrons. The van der Waals surface area contributed by atoms with Crippen molar-refractivity contribution >= 4 is 5.97 Å². The third kappa shape index (κ3) is 4.92. The SMILES string of the molecule is CCN(CC(C)(NC)C(=O)OC)C(C)CN(C)C. The predicted octanol–water partition coefficient (Wildman–Crippen LogP) is 0.410. The summed E-state index contributed by atoms with van der Waals surface area (Å²) in [6.45, 7) is 8.68. The van der Waals surface area contributed by atoms with Crippen LogP contribution in [0.5, 0.6) is 0 Å². The van der Waals surface area contributed by atoms with Crippen LogP contribution in [0.2, 0.25) is 0 Å². The van der Waals surface area contributed by atoms with Crippen LogP contribution in [-0.2, 0) is 9.53 Å². The first kappa shape index (κ1) is 17.4. The number of carbonyl (C=O) groups excluding carboxylic acids is 1. The fourth-order valence-electron chi connectivity index (χ4n) is 2.10. The molecule has 0 aromatic heterocycles. The molecule has 2 unspecified atom stereocenters. The summed E-state index contributed by atoms with van der Waals surface area (Å²) in [6.07, 6.45) is 0. The topological polar surface area (TPSA) is 44.8 Å². The number of esters is 1. The molecular weight excluding hydrogens is 230 g/mol. The average Bonchev–Trinajstić information content (AvgIpc) is 2.33. The van der Waals surface area contributed by atoms with E-state index in [0.29, 0.717) is 12.6 Å². The fraction of sp³-hybridized carbons (Fsp3) is 0.923. The molecule has 0 aliphatic heterocycles. The minimum absolute atomic E-state index is 0.222. The number of hydrogen-bond acceptors (Lipinski definition) is 5. The molecule has 0 rings (SSSR count). The Morgan fingerprint density at radius 2 is 2.00 bits per heavy atom. The van der Waals surface area contributed by atoms with Gasteiger partial charge >= 0.3 is 5.97 Å². The number of nitrogens with zero attached hydrogens (tertiary/aromatic N) is 2. The van der Waals surface area contributed by atoms with Gasteiger partial charge in [-0.15, -0.1) is 0 Å². The summed E-state index contributed by atoms with van der Waals surface area (Å²) in [5.41, 5.74) is -0.661. The molecule has 1 N–H and O–H groups in total. The fourth-order valence-corrected chi connectivity index (χ4v) is 2.10. The largest absolute Gasteiger partial charge is 0.468 e. The molecule has 5 heteroatoms. The number of methoxy groups -OCH3 is 1. The number of ether oxygens (including phenoxy) is 1. The highest BCUT2D eigenvalue weighted by molar-refractivity contribution is 5.80. The molecule has 5 nitrogen and oxygen atoms in total. The van der Waals surface area contributed by atoms with Gasteiger partial charge in [-0.1, -0.05) is 6.92 Å². The molecule has 0 aromatic rings. The van der Waals surface area contributed by atoms with E-state index in [1.807, 2.05) is 6.92 Å². The van der Waals surface area contributed by atoms with Gasteiger partial charge in [0.2, 0.25) is 0 Å². The molecular formula is C13H29N3O2. The van der Waals surface area contributed by atoms with Crippen LogP contribution in [0.1, 0.15) is 20.8 Å². The highest BCUT2D eigenvalue weighted by atomic mass is 16.5. The van der Waals surface area contributed by atoms with Gasteiger partial charge in [0.25, 0.3) is 0 Å². The number of hydrogen-bond donors (Lipinski definition) is 1. The maximum absolute atomic E-state index is 11.8. The number of rotatable bonds is 8. The van der Waals surface area contributed by atoms with E-state index >= 15 is 0 Å². The van der Waals surface area contributed by atoms with E-state index in [2.05, 4.69) is 43.1 Å². The molecule has 0 spiro atoms. The minimum Gasteiger partial charge on any atom is -0.468 e. The van der Waals surface area contributed by atoms with Gasteiger partial charge < -0.3 is 15.0 Å². The quantitative estimate of drug-likeness (QED) is 0.640. The van der Waals surface area contributed by atoms with Gasteiger partial charge in [-0.2, -0.15) is 0 Å². The van der Waals surface area contributed by atoms with Crippen LogP contribution in [0.25, 0.3) is 0 Å². The Morgan fingerprint density at radius 3 is 2.33 bits per heavy atom. The average molecular weight is 259 g/mol. The second kappa shape index (κ2) is 7.71. The predicted molar refractivity (Wildman–Crippen MR) is 74.7 cm³/mol. The van der Waals surface area contributed by atoms with Crippen LogP contribution < -0.4 is 5.32 Å². The van der Waals surface area contributed by atoms with Crippen LogP contribution in [0.15, 0.2) is 0 Å². The van der Waals surface area contributed by atoms with Gasteiger partial charge in [0.1, 0.15) is 5.54 Å².